The molecule has 0 aliphatic carbocycles. The molecule has 0 radical (unpaired) electrons. The first-order chi connectivity index (χ1) is 6.77. The Kier molecular flexibility index (Phi) is 5.90. The molecule has 0 amide bonds. The second kappa shape index (κ2) is 6.70. The van der Waals surface area contributed by atoms with Gasteiger partial charge in [0.15, 0.2) is 0 Å². The van der Waals surface area contributed by atoms with Crippen LogP contribution in [0, 0.1) is 0 Å². The largest absolute Gasteiger partial charge is 0.316 e. The molecule has 1 aliphatic rings. The Morgan fingerprint density at radius 3 is 3.00 bits per heavy atom. The first-order valence-corrected chi connectivity index (χ1v) is 6.92. The van der Waals surface area contributed by atoms with Gasteiger partial charge in [-0.3, -0.25) is 4.90 Å². The minimum Gasteiger partial charge on any atom is -0.316 e. The van der Waals surface area contributed by atoms with E-state index < -0.39 is 0 Å². The summed E-state index contributed by atoms with van der Waals surface area (Å²) < 4.78 is 0. The molecule has 0 aromatic carbocycles. The van der Waals surface area contributed by atoms with Gasteiger partial charge in [0.05, 0.1) is 0 Å². The summed E-state index contributed by atoms with van der Waals surface area (Å²) in [5, 5.41) is 3.40. The molecule has 2 atom stereocenters. The van der Waals surface area contributed by atoms with E-state index in [1.165, 1.54) is 37.4 Å². The molecule has 0 bridgehead atoms. The summed E-state index contributed by atoms with van der Waals surface area (Å²) in [7, 11) is 2.08. The molecule has 3 heteroatoms. The number of likely N-dealkylation sites (tertiary alicyclic amines) is 1. The minimum absolute atomic E-state index is 0.720. The van der Waals surface area contributed by atoms with Crippen LogP contribution in [0.15, 0.2) is 0 Å². The van der Waals surface area contributed by atoms with Crippen molar-refractivity contribution in [1.82, 2.24) is 10.2 Å². The molecule has 84 valence electrons. The van der Waals surface area contributed by atoms with Crippen LogP contribution in [0.5, 0.6) is 0 Å². The molecule has 2 unspecified atom stereocenters. The highest BCUT2D eigenvalue weighted by atomic mass is 32.2. The van der Waals surface area contributed by atoms with E-state index in [1.54, 1.807) is 0 Å². The Morgan fingerprint density at radius 1 is 1.57 bits per heavy atom. The van der Waals surface area contributed by atoms with Gasteiger partial charge in [0.2, 0.25) is 0 Å². The normalized spacial score (nSPS) is 26.4. The smallest absolute Gasteiger partial charge is 0.0192 e. The molecule has 0 aromatic heterocycles. The van der Waals surface area contributed by atoms with Crippen LogP contribution >= 0.6 is 11.8 Å². The standard InChI is InChI=1S/C11H24N2S/c1-4-14-9-10(2)13-7-5-6-11(8-13)12-3/h10-12H,4-9H2,1-3H3. The van der Waals surface area contributed by atoms with Crippen molar-refractivity contribution in [2.75, 3.05) is 31.6 Å². The van der Waals surface area contributed by atoms with Crippen molar-refractivity contribution < 1.29 is 0 Å². The SMILES string of the molecule is CCSCC(C)N1CCCC(NC)C1. The van der Waals surface area contributed by atoms with Crippen molar-refractivity contribution in [3.8, 4) is 0 Å². The fraction of sp³-hybridized carbons (Fsp3) is 1.00. The number of nitrogens with one attached hydrogen (secondary N) is 1. The lowest BCUT2D eigenvalue weighted by molar-refractivity contribution is 0.160. The van der Waals surface area contributed by atoms with Crippen LogP contribution in [0.4, 0.5) is 0 Å². The summed E-state index contributed by atoms with van der Waals surface area (Å²) in [6, 6.07) is 1.47. The lowest BCUT2D eigenvalue weighted by Gasteiger charge is -2.36. The van der Waals surface area contributed by atoms with Gasteiger partial charge in [-0.1, -0.05) is 6.92 Å². The van der Waals surface area contributed by atoms with Crippen LogP contribution in [0.2, 0.25) is 0 Å². The third-order valence-corrected chi connectivity index (χ3v) is 4.17. The second-order valence-electron chi connectivity index (χ2n) is 4.13. The van der Waals surface area contributed by atoms with E-state index >= 15 is 0 Å². The van der Waals surface area contributed by atoms with Crippen molar-refractivity contribution in [3.63, 3.8) is 0 Å². The maximum atomic E-state index is 3.40. The van der Waals surface area contributed by atoms with Gasteiger partial charge in [-0.05, 0) is 39.1 Å². The number of rotatable bonds is 5. The predicted molar refractivity (Wildman–Crippen MR) is 66.1 cm³/mol. The summed E-state index contributed by atoms with van der Waals surface area (Å²) in [6.07, 6.45) is 2.70. The molecule has 0 aromatic rings. The number of nitrogens with zero attached hydrogens (tertiary/aromatic N) is 1. The van der Waals surface area contributed by atoms with Crippen molar-refractivity contribution in [2.24, 2.45) is 0 Å². The highest BCUT2D eigenvalue weighted by Gasteiger charge is 2.21. The number of likely N-dealkylation sites (N-methyl/N-ethyl adjacent to an activating group) is 1. The number of piperidine rings is 1. The van der Waals surface area contributed by atoms with Crippen LogP contribution in [-0.2, 0) is 0 Å². The van der Waals surface area contributed by atoms with E-state index in [0.717, 1.165) is 12.1 Å². The first kappa shape index (κ1) is 12.3. The summed E-state index contributed by atoms with van der Waals surface area (Å²) in [4.78, 5) is 2.63. The Labute approximate surface area is 92.8 Å². The lowest BCUT2D eigenvalue weighted by atomic mass is 10.0. The Hall–Kier alpha value is 0.270. The van der Waals surface area contributed by atoms with Crippen molar-refractivity contribution >= 4 is 11.8 Å². The van der Waals surface area contributed by atoms with Crippen LogP contribution in [0.3, 0.4) is 0 Å². The monoisotopic (exact) mass is 216 g/mol. The molecule has 1 fully saturated rings. The van der Waals surface area contributed by atoms with E-state index in [9.17, 15) is 0 Å². The van der Waals surface area contributed by atoms with E-state index in [0.29, 0.717) is 0 Å². The van der Waals surface area contributed by atoms with Gasteiger partial charge in [0.1, 0.15) is 0 Å². The topological polar surface area (TPSA) is 15.3 Å². The van der Waals surface area contributed by atoms with Crippen LogP contribution in [-0.4, -0.2) is 48.6 Å². The molecule has 14 heavy (non-hydrogen) atoms. The van der Waals surface area contributed by atoms with Crippen molar-refractivity contribution in [1.29, 1.82) is 0 Å². The average molecular weight is 216 g/mol. The van der Waals surface area contributed by atoms with Crippen LogP contribution in [0.1, 0.15) is 26.7 Å². The fourth-order valence-electron chi connectivity index (χ4n) is 2.04. The Morgan fingerprint density at radius 2 is 2.36 bits per heavy atom. The number of hydrogen-bond acceptors (Lipinski definition) is 3. The zero-order valence-corrected chi connectivity index (χ0v) is 10.6. The molecule has 1 rings (SSSR count). The Bertz CT molecular complexity index is 152. The summed E-state index contributed by atoms with van der Waals surface area (Å²) in [6.45, 7) is 7.14. The lowest BCUT2D eigenvalue weighted by Crippen LogP contribution is -2.48. The van der Waals surface area contributed by atoms with Crippen molar-refractivity contribution in [2.45, 2.75) is 38.8 Å². The summed E-state index contributed by atoms with van der Waals surface area (Å²) >= 11 is 2.06. The molecular weight excluding hydrogens is 192 g/mol. The maximum Gasteiger partial charge on any atom is 0.0192 e. The first-order valence-electron chi connectivity index (χ1n) is 5.77. The predicted octanol–water partition coefficient (Wildman–Crippen LogP) is 1.81. The van der Waals surface area contributed by atoms with E-state index in [4.69, 9.17) is 0 Å². The van der Waals surface area contributed by atoms with Gasteiger partial charge >= 0.3 is 0 Å². The number of hydrogen-bond donors (Lipinski definition) is 1. The van der Waals surface area contributed by atoms with Gasteiger partial charge in [-0.25, -0.2) is 0 Å². The highest BCUT2D eigenvalue weighted by Crippen LogP contribution is 2.15. The third kappa shape index (κ3) is 3.79. The molecular formula is C11H24N2S. The van der Waals surface area contributed by atoms with E-state index in [-0.39, 0.29) is 0 Å². The van der Waals surface area contributed by atoms with Gasteiger partial charge in [0, 0.05) is 24.4 Å². The second-order valence-corrected chi connectivity index (χ2v) is 5.45. The average Bonchev–Trinajstić information content (AvgIpc) is 2.26. The van der Waals surface area contributed by atoms with Gasteiger partial charge < -0.3 is 5.32 Å². The molecule has 1 aliphatic heterocycles. The molecule has 1 saturated heterocycles. The molecule has 0 spiro atoms. The van der Waals surface area contributed by atoms with E-state index in [1.807, 2.05) is 0 Å². The molecule has 0 saturated carbocycles. The zero-order valence-electron chi connectivity index (χ0n) is 9.75. The third-order valence-electron chi connectivity index (χ3n) is 3.05. The maximum absolute atomic E-state index is 3.40. The minimum atomic E-state index is 0.720. The quantitative estimate of drug-likeness (QED) is 0.754. The van der Waals surface area contributed by atoms with Gasteiger partial charge in [0.25, 0.3) is 0 Å². The zero-order chi connectivity index (χ0) is 10.4. The van der Waals surface area contributed by atoms with Crippen molar-refractivity contribution in [3.05, 3.63) is 0 Å². The molecule has 2 nitrogen and oxygen atoms in total. The highest BCUT2D eigenvalue weighted by molar-refractivity contribution is 7.99. The van der Waals surface area contributed by atoms with Gasteiger partial charge in [-0.2, -0.15) is 11.8 Å². The number of thioether (sulfide) groups is 1. The van der Waals surface area contributed by atoms with E-state index in [2.05, 4.69) is 42.9 Å². The molecule has 1 N–H and O–H groups in total. The summed E-state index contributed by atoms with van der Waals surface area (Å²) in [5.74, 6) is 2.53. The Balaban J connectivity index is 2.27. The molecule has 1 heterocycles. The fourth-order valence-corrected chi connectivity index (χ4v) is 2.82. The van der Waals surface area contributed by atoms with Gasteiger partial charge in [-0.15, -0.1) is 0 Å². The van der Waals surface area contributed by atoms with Crippen LogP contribution in [0.25, 0.3) is 0 Å². The summed E-state index contributed by atoms with van der Waals surface area (Å²) in [5.41, 5.74) is 0. The van der Waals surface area contributed by atoms with Crippen LogP contribution < -0.4 is 5.32 Å².